The van der Waals surface area contributed by atoms with Gasteiger partial charge in [-0.3, -0.25) is 9.59 Å². The number of nitrogens with one attached hydrogen (secondary N) is 1. The van der Waals surface area contributed by atoms with Crippen LogP contribution in [0.3, 0.4) is 0 Å². The minimum absolute atomic E-state index is 0.0128. The molecule has 6 heteroatoms. The maximum absolute atomic E-state index is 12.7. The normalized spacial score (nSPS) is 20.7. The average molecular weight is 344 g/mol. The van der Waals surface area contributed by atoms with Crippen LogP contribution in [-0.2, 0) is 4.79 Å². The first-order valence-corrected chi connectivity index (χ1v) is 9.20. The Hall–Kier alpha value is -2.24. The lowest BCUT2D eigenvalue weighted by atomic mass is 10.0. The SMILES string of the molecule is O=C(NC1CCN(C(=O)c2ccc3c(c2)OCO3)CC1)C1CCCC1. The Morgan fingerprint density at radius 2 is 1.72 bits per heavy atom. The molecule has 1 aromatic rings. The molecule has 0 spiro atoms. The minimum Gasteiger partial charge on any atom is -0.454 e. The van der Waals surface area contributed by atoms with Gasteiger partial charge in [-0.2, -0.15) is 0 Å². The quantitative estimate of drug-likeness (QED) is 0.914. The second kappa shape index (κ2) is 6.94. The molecular formula is C19H24N2O4. The van der Waals surface area contributed by atoms with Crippen LogP contribution >= 0.6 is 0 Å². The van der Waals surface area contributed by atoms with Gasteiger partial charge in [-0.25, -0.2) is 0 Å². The molecule has 1 N–H and O–H groups in total. The fourth-order valence-electron chi connectivity index (χ4n) is 3.95. The summed E-state index contributed by atoms with van der Waals surface area (Å²) in [4.78, 5) is 26.8. The van der Waals surface area contributed by atoms with E-state index in [1.165, 1.54) is 12.8 Å². The number of rotatable bonds is 3. The fourth-order valence-corrected chi connectivity index (χ4v) is 3.95. The largest absolute Gasteiger partial charge is 0.454 e. The first-order valence-electron chi connectivity index (χ1n) is 9.20. The van der Waals surface area contributed by atoms with Crippen molar-refractivity contribution in [1.29, 1.82) is 0 Å². The predicted molar refractivity (Wildman–Crippen MR) is 91.6 cm³/mol. The minimum atomic E-state index is 0.0128. The number of piperidine rings is 1. The third-order valence-electron chi connectivity index (χ3n) is 5.47. The number of carbonyl (C=O) groups is 2. The van der Waals surface area contributed by atoms with Crippen molar-refractivity contribution in [1.82, 2.24) is 10.2 Å². The van der Waals surface area contributed by atoms with Crippen LogP contribution in [0.4, 0.5) is 0 Å². The highest BCUT2D eigenvalue weighted by molar-refractivity contribution is 5.95. The third-order valence-corrected chi connectivity index (χ3v) is 5.47. The zero-order chi connectivity index (χ0) is 17.2. The summed E-state index contributed by atoms with van der Waals surface area (Å²) in [6.07, 6.45) is 6.01. The molecule has 0 unspecified atom stereocenters. The Labute approximate surface area is 147 Å². The molecule has 2 aliphatic heterocycles. The van der Waals surface area contributed by atoms with Gasteiger partial charge in [0.15, 0.2) is 11.5 Å². The molecule has 1 saturated carbocycles. The number of nitrogens with zero attached hydrogens (tertiary/aromatic N) is 1. The molecule has 1 saturated heterocycles. The van der Waals surface area contributed by atoms with Gasteiger partial charge in [0.25, 0.3) is 5.91 Å². The summed E-state index contributed by atoms with van der Waals surface area (Å²) in [6.45, 7) is 1.55. The van der Waals surface area contributed by atoms with Crippen molar-refractivity contribution in [2.75, 3.05) is 19.9 Å². The van der Waals surface area contributed by atoms with Crippen molar-refractivity contribution in [3.63, 3.8) is 0 Å². The van der Waals surface area contributed by atoms with Crippen molar-refractivity contribution >= 4 is 11.8 Å². The molecule has 25 heavy (non-hydrogen) atoms. The van der Waals surface area contributed by atoms with Crippen LogP contribution < -0.4 is 14.8 Å². The Morgan fingerprint density at radius 3 is 2.48 bits per heavy atom. The molecule has 2 fully saturated rings. The summed E-state index contributed by atoms with van der Waals surface area (Å²) < 4.78 is 10.6. The highest BCUT2D eigenvalue weighted by atomic mass is 16.7. The first kappa shape index (κ1) is 16.2. The van der Waals surface area contributed by atoms with Crippen LogP contribution in [0.2, 0.25) is 0 Å². The van der Waals surface area contributed by atoms with Crippen molar-refractivity contribution in [2.45, 2.75) is 44.6 Å². The number of likely N-dealkylation sites (tertiary alicyclic amines) is 1. The van der Waals surface area contributed by atoms with Gasteiger partial charge in [0, 0.05) is 30.6 Å². The van der Waals surface area contributed by atoms with Crippen LogP contribution in [0.15, 0.2) is 18.2 Å². The molecule has 1 aliphatic carbocycles. The molecule has 0 bridgehead atoms. The molecule has 6 nitrogen and oxygen atoms in total. The molecule has 1 aromatic carbocycles. The van der Waals surface area contributed by atoms with E-state index in [1.54, 1.807) is 18.2 Å². The zero-order valence-corrected chi connectivity index (χ0v) is 14.3. The number of carbonyl (C=O) groups excluding carboxylic acids is 2. The number of amides is 2. The number of benzene rings is 1. The van der Waals surface area contributed by atoms with Crippen molar-refractivity contribution < 1.29 is 19.1 Å². The number of ether oxygens (including phenoxy) is 2. The van der Waals surface area contributed by atoms with Gasteiger partial charge in [0.05, 0.1) is 0 Å². The molecule has 134 valence electrons. The van der Waals surface area contributed by atoms with Gasteiger partial charge in [-0.15, -0.1) is 0 Å². The number of fused-ring (bicyclic) bond motifs is 1. The van der Waals surface area contributed by atoms with E-state index in [-0.39, 0.29) is 30.6 Å². The Kier molecular flexibility index (Phi) is 4.51. The Bertz CT molecular complexity index is 661. The van der Waals surface area contributed by atoms with E-state index in [0.29, 0.717) is 30.2 Å². The van der Waals surface area contributed by atoms with Gasteiger partial charge in [-0.1, -0.05) is 12.8 Å². The van der Waals surface area contributed by atoms with E-state index in [4.69, 9.17) is 9.47 Å². The second-order valence-corrected chi connectivity index (χ2v) is 7.12. The summed E-state index contributed by atoms with van der Waals surface area (Å²) in [5.74, 6) is 1.74. The smallest absolute Gasteiger partial charge is 0.253 e. The van der Waals surface area contributed by atoms with Crippen LogP contribution in [0.5, 0.6) is 11.5 Å². The maximum atomic E-state index is 12.7. The van der Waals surface area contributed by atoms with Crippen molar-refractivity contribution in [3.05, 3.63) is 23.8 Å². The highest BCUT2D eigenvalue weighted by Crippen LogP contribution is 2.33. The van der Waals surface area contributed by atoms with Crippen LogP contribution in [-0.4, -0.2) is 42.6 Å². The Morgan fingerprint density at radius 1 is 1.00 bits per heavy atom. The first-order chi connectivity index (χ1) is 12.2. The lowest BCUT2D eigenvalue weighted by Gasteiger charge is -2.33. The zero-order valence-electron chi connectivity index (χ0n) is 14.3. The van der Waals surface area contributed by atoms with Gasteiger partial charge in [0.2, 0.25) is 12.7 Å². The summed E-state index contributed by atoms with van der Waals surface area (Å²) in [5, 5.41) is 3.18. The van der Waals surface area contributed by atoms with E-state index in [9.17, 15) is 9.59 Å². The van der Waals surface area contributed by atoms with Gasteiger partial charge < -0.3 is 19.7 Å². The summed E-state index contributed by atoms with van der Waals surface area (Å²) in [7, 11) is 0. The summed E-state index contributed by atoms with van der Waals surface area (Å²) in [5.41, 5.74) is 0.623. The molecule has 2 amide bonds. The topological polar surface area (TPSA) is 67.9 Å². The van der Waals surface area contributed by atoms with E-state index in [2.05, 4.69) is 5.32 Å². The standard InChI is InChI=1S/C19H24N2O4/c22-18(13-3-1-2-4-13)20-15-7-9-21(10-8-15)19(23)14-5-6-16-17(11-14)25-12-24-16/h5-6,11,13,15H,1-4,7-10,12H2,(H,20,22). The van der Waals surface area contributed by atoms with E-state index in [1.807, 2.05) is 4.90 Å². The molecule has 0 radical (unpaired) electrons. The average Bonchev–Trinajstić information content (AvgIpc) is 3.32. The van der Waals surface area contributed by atoms with E-state index in [0.717, 1.165) is 25.7 Å². The maximum Gasteiger partial charge on any atom is 0.253 e. The van der Waals surface area contributed by atoms with E-state index < -0.39 is 0 Å². The predicted octanol–water partition coefficient (Wildman–Crippen LogP) is 2.33. The summed E-state index contributed by atoms with van der Waals surface area (Å²) >= 11 is 0. The van der Waals surface area contributed by atoms with Crippen LogP contribution in [0, 0.1) is 5.92 Å². The molecular weight excluding hydrogens is 320 g/mol. The van der Waals surface area contributed by atoms with Crippen LogP contribution in [0.25, 0.3) is 0 Å². The lowest BCUT2D eigenvalue weighted by Crippen LogP contribution is -2.47. The molecule has 4 rings (SSSR count). The highest BCUT2D eigenvalue weighted by Gasteiger charge is 2.28. The van der Waals surface area contributed by atoms with Crippen molar-refractivity contribution in [3.8, 4) is 11.5 Å². The monoisotopic (exact) mass is 344 g/mol. The third kappa shape index (κ3) is 3.43. The number of hydrogen-bond donors (Lipinski definition) is 1. The molecule has 0 atom stereocenters. The Balaban J connectivity index is 1.30. The van der Waals surface area contributed by atoms with Gasteiger partial charge >= 0.3 is 0 Å². The number of hydrogen-bond acceptors (Lipinski definition) is 4. The fraction of sp³-hybridized carbons (Fsp3) is 0.579. The van der Waals surface area contributed by atoms with Crippen molar-refractivity contribution in [2.24, 2.45) is 5.92 Å². The van der Waals surface area contributed by atoms with Gasteiger partial charge in [-0.05, 0) is 43.9 Å². The summed E-state index contributed by atoms with van der Waals surface area (Å²) in [6, 6.07) is 5.50. The molecule has 0 aromatic heterocycles. The molecule has 2 heterocycles. The van der Waals surface area contributed by atoms with Gasteiger partial charge in [0.1, 0.15) is 0 Å². The van der Waals surface area contributed by atoms with E-state index >= 15 is 0 Å². The second-order valence-electron chi connectivity index (χ2n) is 7.12. The van der Waals surface area contributed by atoms with Crippen LogP contribution in [0.1, 0.15) is 48.9 Å². The lowest BCUT2D eigenvalue weighted by molar-refractivity contribution is -0.125. The molecule has 3 aliphatic rings.